The molecule has 0 aromatic heterocycles. The van der Waals surface area contributed by atoms with Crippen LogP contribution in [0.3, 0.4) is 0 Å². The van der Waals surface area contributed by atoms with Crippen LogP contribution in [0.4, 0.5) is 0 Å². The Balaban J connectivity index is 2.60. The van der Waals surface area contributed by atoms with Gasteiger partial charge in [0.15, 0.2) is 0 Å². The Bertz CT molecular complexity index is 201. The van der Waals surface area contributed by atoms with Crippen molar-refractivity contribution in [2.24, 2.45) is 5.64 Å². The van der Waals surface area contributed by atoms with Gasteiger partial charge in [0.1, 0.15) is 0 Å². The molecule has 1 fully saturated rings. The molecule has 0 saturated carbocycles. The lowest BCUT2D eigenvalue weighted by Crippen LogP contribution is -2.28. The first-order chi connectivity index (χ1) is 5.16. The van der Waals surface area contributed by atoms with Gasteiger partial charge in [0.25, 0.3) is 6.69 Å². The number of carbonyl (C=O) groups is 2. The monoisotopic (exact) mass is 167 g/mol. The third-order valence-corrected chi connectivity index (χ3v) is 2.24. The van der Waals surface area contributed by atoms with Crippen molar-refractivity contribution < 1.29 is 9.59 Å². The van der Waals surface area contributed by atoms with E-state index in [-0.39, 0.29) is 18.2 Å². The van der Waals surface area contributed by atoms with Crippen LogP contribution in [0.1, 0.15) is 6.42 Å². The molecule has 1 rings (SSSR count). The highest BCUT2D eigenvalue weighted by atomic mass is 32.2. The Morgan fingerprint density at radius 2 is 2.36 bits per heavy atom. The minimum Gasteiger partial charge on any atom is -0.364 e. The molecule has 55 valence electrons. The molecule has 0 bridgehead atoms. The van der Waals surface area contributed by atoms with Crippen LogP contribution in [-0.4, -0.2) is 36.5 Å². The maximum atomic E-state index is 11.0. The summed E-state index contributed by atoms with van der Waals surface area (Å²) in [4.78, 5) is 22.4. The molecule has 0 aliphatic carbocycles. The van der Waals surface area contributed by atoms with E-state index in [1.165, 1.54) is 6.69 Å². The van der Waals surface area contributed by atoms with E-state index in [4.69, 9.17) is 13.6 Å². The summed E-state index contributed by atoms with van der Waals surface area (Å²) in [5, 5.41) is -0.419. The summed E-state index contributed by atoms with van der Waals surface area (Å²) in [6, 6.07) is 0. The van der Waals surface area contributed by atoms with Crippen LogP contribution in [0.25, 0.3) is 0 Å². The lowest BCUT2D eigenvalue weighted by molar-refractivity contribution is -0.132. The fraction of sp³-hybridized carbons (Fsp3) is 0.500. The van der Waals surface area contributed by atoms with Gasteiger partial charge in [0, 0.05) is 6.42 Å². The fourth-order valence-electron chi connectivity index (χ4n) is 0.823. The van der Waals surface area contributed by atoms with Gasteiger partial charge < -0.3 is 10.5 Å². The number of nitrogens with zero attached hydrogens (tertiary/aromatic N) is 1. The quantitative estimate of drug-likeness (QED) is 0.398. The van der Waals surface area contributed by atoms with Gasteiger partial charge >= 0.3 is 0 Å². The number of amides is 2. The SMILES string of the molecule is [B]N1C(=O)CC(S[B]N)C1=O. The van der Waals surface area contributed by atoms with E-state index >= 15 is 0 Å². The summed E-state index contributed by atoms with van der Waals surface area (Å²) in [5.41, 5.74) is 5.08. The van der Waals surface area contributed by atoms with Crippen molar-refractivity contribution in [3.63, 3.8) is 0 Å². The van der Waals surface area contributed by atoms with Gasteiger partial charge in [0.2, 0.25) is 19.8 Å². The molecule has 11 heavy (non-hydrogen) atoms. The normalized spacial score (nSPS) is 24.5. The Morgan fingerprint density at radius 1 is 1.73 bits per heavy atom. The summed E-state index contributed by atoms with van der Waals surface area (Å²) < 4.78 is 0. The second-order valence-electron chi connectivity index (χ2n) is 2.07. The van der Waals surface area contributed by atoms with E-state index in [0.29, 0.717) is 4.81 Å². The molecule has 0 spiro atoms. The minimum absolute atomic E-state index is 0.147. The third kappa shape index (κ3) is 1.59. The van der Waals surface area contributed by atoms with Crippen molar-refractivity contribution in [2.45, 2.75) is 11.7 Å². The van der Waals surface area contributed by atoms with Crippen LogP contribution >= 0.6 is 11.6 Å². The van der Waals surface area contributed by atoms with Crippen molar-refractivity contribution in [3.8, 4) is 0 Å². The summed E-state index contributed by atoms with van der Waals surface area (Å²) in [7, 11) is 5.11. The van der Waals surface area contributed by atoms with Crippen LogP contribution in [-0.2, 0) is 9.59 Å². The van der Waals surface area contributed by atoms with Crippen LogP contribution < -0.4 is 5.64 Å². The average Bonchev–Trinajstić information content (AvgIpc) is 2.19. The number of nitrogens with two attached hydrogens (primary N) is 1. The van der Waals surface area contributed by atoms with Crippen LogP contribution in [0, 0.1) is 0 Å². The number of imide groups is 1. The van der Waals surface area contributed by atoms with Gasteiger partial charge in [-0.1, -0.05) is 0 Å². The van der Waals surface area contributed by atoms with E-state index in [9.17, 15) is 9.59 Å². The molecule has 1 unspecified atom stereocenters. The maximum absolute atomic E-state index is 11.0. The van der Waals surface area contributed by atoms with Crippen molar-refractivity contribution >= 4 is 38.1 Å². The van der Waals surface area contributed by atoms with E-state index in [0.717, 1.165) is 11.6 Å². The number of hydrogen-bond acceptors (Lipinski definition) is 4. The number of rotatable bonds is 2. The highest BCUT2D eigenvalue weighted by Crippen LogP contribution is 2.21. The van der Waals surface area contributed by atoms with E-state index in [1.54, 1.807) is 0 Å². The molecule has 1 aliphatic heterocycles. The summed E-state index contributed by atoms with van der Waals surface area (Å²) >= 11 is 1.12. The molecule has 7 heteroatoms. The summed E-state index contributed by atoms with van der Waals surface area (Å²) in [5.74, 6) is -0.726. The summed E-state index contributed by atoms with van der Waals surface area (Å²) in [6.07, 6.45) is 0.147. The smallest absolute Gasteiger partial charge is 0.283 e. The zero-order chi connectivity index (χ0) is 8.43. The maximum Gasteiger partial charge on any atom is 0.283 e. The van der Waals surface area contributed by atoms with Crippen molar-refractivity contribution in [1.82, 2.24) is 4.81 Å². The number of hydrogen-bond donors (Lipinski definition) is 1. The van der Waals surface area contributed by atoms with Gasteiger partial charge in [0.05, 0.1) is 5.25 Å². The lowest BCUT2D eigenvalue weighted by atomic mass is 10.3. The molecule has 4 nitrogen and oxygen atoms in total. The largest absolute Gasteiger partial charge is 0.364 e. The highest BCUT2D eigenvalue weighted by Gasteiger charge is 2.34. The molecule has 0 aromatic carbocycles. The van der Waals surface area contributed by atoms with Gasteiger partial charge in [-0.05, 0) is 0 Å². The first kappa shape index (κ1) is 8.67. The van der Waals surface area contributed by atoms with Crippen LogP contribution in [0.2, 0.25) is 0 Å². The molecule has 1 saturated heterocycles. The molecule has 1 atom stereocenters. The predicted molar refractivity (Wildman–Crippen MR) is 43.5 cm³/mol. The Morgan fingerprint density at radius 3 is 2.73 bits per heavy atom. The van der Waals surface area contributed by atoms with Gasteiger partial charge in [-0.15, -0.1) is 0 Å². The molecule has 3 radical (unpaired) electrons. The van der Waals surface area contributed by atoms with Crippen LogP contribution in [0.5, 0.6) is 0 Å². The molecular formula is C4H5B2N2O2S. The minimum atomic E-state index is -0.419. The molecule has 2 N–H and O–H groups in total. The molecule has 0 aromatic rings. The van der Waals surface area contributed by atoms with E-state index in [2.05, 4.69) is 0 Å². The Labute approximate surface area is 70.5 Å². The van der Waals surface area contributed by atoms with Gasteiger partial charge in [-0.2, -0.15) is 11.6 Å². The fourth-order valence-corrected chi connectivity index (χ4v) is 1.48. The Hall–Kier alpha value is -0.420. The molecule has 1 aliphatic rings. The van der Waals surface area contributed by atoms with Crippen molar-refractivity contribution in [2.75, 3.05) is 0 Å². The average molecular weight is 167 g/mol. The predicted octanol–water partition coefficient (Wildman–Crippen LogP) is -1.58. The van der Waals surface area contributed by atoms with E-state index in [1.807, 2.05) is 0 Å². The van der Waals surface area contributed by atoms with E-state index < -0.39 is 5.25 Å². The lowest BCUT2D eigenvalue weighted by Gasteiger charge is -2.06. The molecule has 2 amide bonds. The second kappa shape index (κ2) is 3.32. The topological polar surface area (TPSA) is 63.4 Å². The zero-order valence-electron chi connectivity index (χ0n) is 5.69. The summed E-state index contributed by atoms with van der Waals surface area (Å²) in [6.45, 7) is 1.29. The van der Waals surface area contributed by atoms with Crippen molar-refractivity contribution in [3.05, 3.63) is 0 Å². The zero-order valence-corrected chi connectivity index (χ0v) is 6.50. The Kier molecular flexibility index (Phi) is 2.62. The molecular weight excluding hydrogens is 162 g/mol. The standard InChI is InChI=1S/C4H5B2N2O2S/c5-8-3(9)1-2(4(8)10)11-6-7/h2H,1,7H2. The third-order valence-electron chi connectivity index (χ3n) is 1.38. The van der Waals surface area contributed by atoms with Gasteiger partial charge in [-0.3, -0.25) is 9.59 Å². The van der Waals surface area contributed by atoms with Crippen molar-refractivity contribution in [1.29, 1.82) is 0 Å². The molecule has 1 heterocycles. The first-order valence-electron chi connectivity index (χ1n) is 2.97. The highest BCUT2D eigenvalue weighted by molar-refractivity contribution is 8.23. The van der Waals surface area contributed by atoms with Gasteiger partial charge in [-0.25, -0.2) is 0 Å². The van der Waals surface area contributed by atoms with Crippen LogP contribution in [0.15, 0.2) is 0 Å². The first-order valence-corrected chi connectivity index (χ1v) is 3.91. The second-order valence-corrected chi connectivity index (χ2v) is 3.18. The number of carbonyl (C=O) groups excluding carboxylic acids is 2.